The number of fused-ring (bicyclic) bond motifs is 4. The van der Waals surface area contributed by atoms with Gasteiger partial charge in [0.1, 0.15) is 11.7 Å². The molecular weight excluding hydrogens is 707 g/mol. The predicted molar refractivity (Wildman–Crippen MR) is 247 cm³/mol. The van der Waals surface area contributed by atoms with Crippen LogP contribution in [0.2, 0.25) is 0 Å². The Labute approximate surface area is 340 Å². The third kappa shape index (κ3) is 7.01. The summed E-state index contributed by atoms with van der Waals surface area (Å²) < 4.78 is 4.76. The average molecular weight is 754 g/mol. The Balaban J connectivity index is 1.06. The average Bonchev–Trinajstić information content (AvgIpc) is 3.79. The molecule has 0 saturated heterocycles. The lowest BCUT2D eigenvalue weighted by molar-refractivity contribution is 0.517. The largest absolute Gasteiger partial charge is 0.325 e. The summed E-state index contributed by atoms with van der Waals surface area (Å²) in [5.41, 5.74) is 11.7. The van der Waals surface area contributed by atoms with E-state index in [1.807, 2.05) is 12.1 Å². The molecule has 0 amide bonds. The molecule has 5 aromatic carbocycles. The third-order valence-electron chi connectivity index (χ3n) is 11.2. The molecule has 0 fully saturated rings. The monoisotopic (exact) mass is 753 g/mol. The molecule has 9 rings (SSSR count). The Morgan fingerprint density at radius 1 is 0.793 bits per heavy atom. The maximum Gasteiger partial charge on any atom is 0.150 e. The van der Waals surface area contributed by atoms with Crippen molar-refractivity contribution in [2.75, 3.05) is 0 Å². The molecule has 2 aliphatic rings. The molecule has 284 valence electrons. The van der Waals surface area contributed by atoms with E-state index < -0.39 is 0 Å². The highest BCUT2D eigenvalue weighted by Crippen LogP contribution is 2.35. The van der Waals surface area contributed by atoms with E-state index in [0.717, 1.165) is 53.3 Å². The summed E-state index contributed by atoms with van der Waals surface area (Å²) in [6, 6.07) is 45.3. The molecule has 58 heavy (non-hydrogen) atoms. The fraction of sp³-hybridized carbons (Fsp3) is 0.132. The SMILES string of the molecule is C=C/C=C(\C=C(/C)C1=NC(C2C=CC=CC2)N=C(c2ccccc2)N1)n1c(CC)c(/C=C\Cc2ccc3c(c2)c2ccccc2n3-c2ccccc2)c2ccccc21. The number of aliphatic imine (C=N–C) groups is 2. The molecule has 2 atom stereocenters. The number of benzene rings is 5. The molecule has 2 aromatic heterocycles. The van der Waals surface area contributed by atoms with E-state index in [2.05, 4.69) is 205 Å². The standard InChI is InChI=1S/C53H47N5/c1-4-20-42(35-37(3)51-54-52(39-22-9-6-10-23-39)56-53(55-51)40-24-11-7-12-25-40)58-47(5-2)43(44-28-15-17-31-48(44)58)30-19-21-38-33-34-50-46(36-38)45-29-16-18-32-49(45)57(50)41-26-13-8-14-27-41/h4,6-20,22-24,26-36,40,53H,1,5,21,25H2,2-3H3,(H,54,55,56)/b30-19-,37-35+,42-20+. The lowest BCUT2D eigenvalue weighted by Gasteiger charge is -2.26. The molecule has 1 N–H and O–H groups in total. The zero-order chi connectivity index (χ0) is 39.4. The van der Waals surface area contributed by atoms with Crippen LogP contribution in [0.25, 0.3) is 50.2 Å². The number of amidine groups is 2. The zero-order valence-corrected chi connectivity index (χ0v) is 33.1. The Bertz CT molecular complexity index is 2870. The molecule has 7 aromatic rings. The number of nitrogens with one attached hydrogen (secondary N) is 1. The van der Waals surface area contributed by atoms with Gasteiger partial charge in [0.2, 0.25) is 0 Å². The van der Waals surface area contributed by atoms with Crippen LogP contribution in [0.15, 0.2) is 198 Å². The molecule has 0 radical (unpaired) electrons. The summed E-state index contributed by atoms with van der Waals surface area (Å²) in [6.45, 7) is 8.52. The van der Waals surface area contributed by atoms with Crippen molar-refractivity contribution in [3.05, 3.63) is 211 Å². The number of allylic oxidation sites excluding steroid dienone is 8. The van der Waals surface area contributed by atoms with E-state index >= 15 is 0 Å². The molecule has 0 bridgehead atoms. The number of para-hydroxylation sites is 3. The summed E-state index contributed by atoms with van der Waals surface area (Å²) in [5, 5.41) is 7.36. The summed E-state index contributed by atoms with van der Waals surface area (Å²) >= 11 is 0. The quantitative estimate of drug-likeness (QED) is 0.131. The van der Waals surface area contributed by atoms with Crippen molar-refractivity contribution in [2.24, 2.45) is 15.9 Å². The van der Waals surface area contributed by atoms with Crippen LogP contribution < -0.4 is 5.32 Å². The van der Waals surface area contributed by atoms with Gasteiger partial charge in [-0.1, -0.05) is 147 Å². The van der Waals surface area contributed by atoms with Crippen LogP contribution in [-0.4, -0.2) is 27.0 Å². The maximum absolute atomic E-state index is 5.21. The molecule has 5 heteroatoms. The van der Waals surface area contributed by atoms with Gasteiger partial charge in [-0.15, -0.1) is 0 Å². The molecule has 0 saturated carbocycles. The molecule has 1 aliphatic carbocycles. The first-order valence-electron chi connectivity index (χ1n) is 20.3. The summed E-state index contributed by atoms with van der Waals surface area (Å²) in [6.07, 6.45) is 21.9. The highest BCUT2D eigenvalue weighted by molar-refractivity contribution is 6.16. The van der Waals surface area contributed by atoms with Gasteiger partial charge in [0.05, 0.1) is 16.6 Å². The molecular formula is C53H47N5. The Morgan fingerprint density at radius 2 is 1.52 bits per heavy atom. The topological polar surface area (TPSA) is 46.6 Å². The fourth-order valence-corrected chi connectivity index (χ4v) is 8.49. The number of rotatable bonds is 11. The molecule has 2 unspecified atom stereocenters. The van der Waals surface area contributed by atoms with Gasteiger partial charge in [-0.2, -0.15) is 0 Å². The van der Waals surface area contributed by atoms with Crippen molar-refractivity contribution < 1.29 is 0 Å². The normalized spacial score (nSPS) is 17.3. The van der Waals surface area contributed by atoms with Gasteiger partial charge >= 0.3 is 0 Å². The van der Waals surface area contributed by atoms with Gasteiger partial charge < -0.3 is 14.5 Å². The van der Waals surface area contributed by atoms with E-state index in [-0.39, 0.29) is 12.1 Å². The lowest BCUT2D eigenvalue weighted by Crippen LogP contribution is -2.39. The van der Waals surface area contributed by atoms with E-state index in [1.54, 1.807) is 0 Å². The van der Waals surface area contributed by atoms with Gasteiger partial charge in [-0.05, 0) is 85.9 Å². The Kier molecular flexibility index (Phi) is 10.3. The molecule has 1 aliphatic heterocycles. The van der Waals surface area contributed by atoms with Gasteiger partial charge in [-0.25, -0.2) is 9.98 Å². The molecule has 0 spiro atoms. The fourth-order valence-electron chi connectivity index (χ4n) is 8.49. The second-order valence-corrected chi connectivity index (χ2v) is 14.9. The van der Waals surface area contributed by atoms with Crippen LogP contribution in [0, 0.1) is 5.92 Å². The van der Waals surface area contributed by atoms with Crippen LogP contribution in [0.1, 0.15) is 42.7 Å². The Morgan fingerprint density at radius 3 is 2.28 bits per heavy atom. The van der Waals surface area contributed by atoms with E-state index in [1.165, 1.54) is 49.7 Å². The third-order valence-corrected chi connectivity index (χ3v) is 11.2. The van der Waals surface area contributed by atoms with Crippen LogP contribution >= 0.6 is 0 Å². The Hall–Kier alpha value is -6.98. The van der Waals surface area contributed by atoms with Crippen molar-refractivity contribution >= 4 is 56.2 Å². The van der Waals surface area contributed by atoms with Crippen LogP contribution in [0.3, 0.4) is 0 Å². The number of hydrogen-bond donors (Lipinski definition) is 1. The van der Waals surface area contributed by atoms with Crippen molar-refractivity contribution in [1.29, 1.82) is 0 Å². The van der Waals surface area contributed by atoms with E-state index in [0.29, 0.717) is 0 Å². The minimum Gasteiger partial charge on any atom is -0.325 e. The van der Waals surface area contributed by atoms with Crippen LogP contribution in [0.4, 0.5) is 0 Å². The van der Waals surface area contributed by atoms with Crippen molar-refractivity contribution in [2.45, 2.75) is 39.3 Å². The smallest absolute Gasteiger partial charge is 0.150 e. The molecule has 3 heterocycles. The number of aromatic nitrogens is 2. The van der Waals surface area contributed by atoms with Crippen molar-refractivity contribution in [3.63, 3.8) is 0 Å². The first kappa shape index (κ1) is 36.6. The van der Waals surface area contributed by atoms with Gasteiger partial charge in [0.25, 0.3) is 0 Å². The summed E-state index contributed by atoms with van der Waals surface area (Å²) in [4.78, 5) is 10.3. The first-order valence-corrected chi connectivity index (χ1v) is 20.3. The zero-order valence-electron chi connectivity index (χ0n) is 33.1. The van der Waals surface area contributed by atoms with Gasteiger partial charge in [0.15, 0.2) is 6.17 Å². The van der Waals surface area contributed by atoms with E-state index in [4.69, 9.17) is 9.98 Å². The second-order valence-electron chi connectivity index (χ2n) is 14.9. The first-order chi connectivity index (χ1) is 28.6. The maximum atomic E-state index is 5.21. The minimum absolute atomic E-state index is 0.197. The summed E-state index contributed by atoms with van der Waals surface area (Å²) in [7, 11) is 0. The lowest BCUT2D eigenvalue weighted by atomic mass is 9.97. The van der Waals surface area contributed by atoms with Crippen LogP contribution in [-0.2, 0) is 12.8 Å². The molecule has 5 nitrogen and oxygen atoms in total. The minimum atomic E-state index is -0.221. The number of nitrogens with zero attached hydrogens (tertiary/aromatic N) is 4. The van der Waals surface area contributed by atoms with Crippen molar-refractivity contribution in [1.82, 2.24) is 14.5 Å². The van der Waals surface area contributed by atoms with E-state index in [9.17, 15) is 0 Å². The van der Waals surface area contributed by atoms with Gasteiger partial charge in [0, 0.05) is 50.3 Å². The second kappa shape index (κ2) is 16.2. The highest BCUT2D eigenvalue weighted by Gasteiger charge is 2.25. The highest BCUT2D eigenvalue weighted by atomic mass is 15.2. The van der Waals surface area contributed by atoms with Crippen LogP contribution in [0.5, 0.6) is 0 Å². The number of hydrogen-bond acceptors (Lipinski definition) is 3. The predicted octanol–water partition coefficient (Wildman–Crippen LogP) is 12.4. The van der Waals surface area contributed by atoms with Crippen molar-refractivity contribution in [3.8, 4) is 5.69 Å². The van der Waals surface area contributed by atoms with Gasteiger partial charge in [-0.3, -0.25) is 0 Å². The summed E-state index contributed by atoms with van der Waals surface area (Å²) in [5.74, 6) is 1.87.